The van der Waals surface area contributed by atoms with Gasteiger partial charge in [-0.2, -0.15) is 5.26 Å². The van der Waals surface area contributed by atoms with Gasteiger partial charge in [0, 0.05) is 38.4 Å². The summed E-state index contributed by atoms with van der Waals surface area (Å²) in [5.74, 6) is 0.248. The Kier molecular flexibility index (Phi) is 6.07. The number of hydrogen-bond donors (Lipinski definition) is 0. The Labute approximate surface area is 106 Å². The first-order valence-electron chi connectivity index (χ1n) is 6.75. The van der Waals surface area contributed by atoms with Crippen LogP contribution in [-0.4, -0.2) is 42.5 Å². The Morgan fingerprint density at radius 1 is 1.35 bits per heavy atom. The molecule has 0 N–H and O–H groups in total. The molecule has 1 fully saturated rings. The average molecular weight is 235 g/mol. The van der Waals surface area contributed by atoms with E-state index < -0.39 is 0 Å². The molecular weight excluding hydrogens is 210 g/mol. The molecule has 0 aromatic carbocycles. The molecule has 0 aromatic rings. The van der Waals surface area contributed by atoms with Gasteiger partial charge in [0.05, 0.1) is 12.0 Å². The van der Waals surface area contributed by atoms with Gasteiger partial charge in [-0.05, 0) is 12.8 Å². The molecule has 1 aliphatic heterocycles. The molecule has 1 rings (SSSR count). The third-order valence-corrected chi connectivity index (χ3v) is 3.27. The highest BCUT2D eigenvalue weighted by molar-refractivity contribution is 5.03. The molecule has 1 aliphatic rings. The summed E-state index contributed by atoms with van der Waals surface area (Å²) in [5, 5.41) is 8.74. The minimum Gasteiger partial charge on any atom is -0.374 e. The van der Waals surface area contributed by atoms with Crippen LogP contribution in [0.2, 0.25) is 0 Å². The second-order valence-corrected chi connectivity index (χ2v) is 4.93. The fourth-order valence-corrected chi connectivity index (χ4v) is 2.19. The Balaban J connectivity index is 2.30. The van der Waals surface area contributed by atoms with Crippen LogP contribution < -0.4 is 0 Å². The fourth-order valence-electron chi connectivity index (χ4n) is 2.19. The Morgan fingerprint density at radius 3 is 2.59 bits per heavy atom. The van der Waals surface area contributed by atoms with Crippen molar-refractivity contribution in [2.45, 2.75) is 33.1 Å². The summed E-state index contributed by atoms with van der Waals surface area (Å²) in [6, 6.07) is 2.31. The van der Waals surface area contributed by atoms with Crippen molar-refractivity contribution in [2.24, 2.45) is 5.92 Å². The molecule has 0 radical (unpaired) electrons. The molecule has 17 heavy (non-hydrogen) atoms. The van der Waals surface area contributed by atoms with Crippen LogP contribution in [-0.2, 0) is 0 Å². The smallest absolute Gasteiger partial charge is 0.0717 e. The number of unbranched alkanes of at least 4 members (excludes halogenated alkanes) is 1. The van der Waals surface area contributed by atoms with Gasteiger partial charge in [0.1, 0.15) is 0 Å². The maximum atomic E-state index is 8.74. The van der Waals surface area contributed by atoms with E-state index in [2.05, 4.69) is 36.3 Å². The zero-order chi connectivity index (χ0) is 12.7. The predicted octanol–water partition coefficient (Wildman–Crippen LogP) is 2.47. The molecule has 0 atom stereocenters. The van der Waals surface area contributed by atoms with Crippen LogP contribution in [0.4, 0.5) is 0 Å². The summed E-state index contributed by atoms with van der Waals surface area (Å²) in [6.45, 7) is 13.6. The highest BCUT2D eigenvalue weighted by Crippen LogP contribution is 2.17. The number of hydrogen-bond acceptors (Lipinski definition) is 3. The lowest BCUT2D eigenvalue weighted by molar-refractivity contribution is 0.134. The van der Waals surface area contributed by atoms with Crippen molar-refractivity contribution in [1.82, 2.24) is 9.80 Å². The third-order valence-electron chi connectivity index (χ3n) is 3.27. The summed E-state index contributed by atoms with van der Waals surface area (Å²) >= 11 is 0. The quantitative estimate of drug-likeness (QED) is 0.647. The summed E-state index contributed by atoms with van der Waals surface area (Å²) < 4.78 is 0. The van der Waals surface area contributed by atoms with E-state index in [1.165, 1.54) is 25.0 Å². The van der Waals surface area contributed by atoms with E-state index in [1.807, 2.05) is 0 Å². The van der Waals surface area contributed by atoms with Crippen molar-refractivity contribution in [3.8, 4) is 6.07 Å². The first-order valence-corrected chi connectivity index (χ1v) is 6.75. The van der Waals surface area contributed by atoms with Crippen LogP contribution in [0.25, 0.3) is 0 Å². The van der Waals surface area contributed by atoms with Crippen molar-refractivity contribution < 1.29 is 0 Å². The van der Waals surface area contributed by atoms with Crippen LogP contribution in [0.5, 0.6) is 0 Å². The first-order chi connectivity index (χ1) is 8.21. The molecule has 0 aromatic heterocycles. The summed E-state index contributed by atoms with van der Waals surface area (Å²) in [7, 11) is 0. The number of nitrogens with zero attached hydrogens (tertiary/aromatic N) is 3. The molecule has 0 spiro atoms. The molecular formula is C14H25N3. The van der Waals surface area contributed by atoms with Gasteiger partial charge in [0.15, 0.2) is 0 Å². The van der Waals surface area contributed by atoms with Crippen LogP contribution in [0.3, 0.4) is 0 Å². The number of likely N-dealkylation sites (tertiary alicyclic amines) is 1. The van der Waals surface area contributed by atoms with Gasteiger partial charge in [-0.1, -0.05) is 26.8 Å². The summed E-state index contributed by atoms with van der Waals surface area (Å²) in [4.78, 5) is 4.72. The Bertz CT molecular complexity index is 274. The highest BCUT2D eigenvalue weighted by atomic mass is 15.2. The molecule has 1 saturated heterocycles. The van der Waals surface area contributed by atoms with Crippen molar-refractivity contribution in [1.29, 1.82) is 5.26 Å². The summed E-state index contributed by atoms with van der Waals surface area (Å²) in [5.41, 5.74) is 1.22. The summed E-state index contributed by atoms with van der Waals surface area (Å²) in [6.07, 6.45) is 3.64. The van der Waals surface area contributed by atoms with Crippen LogP contribution in [0.15, 0.2) is 12.3 Å². The molecule has 3 nitrogen and oxygen atoms in total. The lowest BCUT2D eigenvalue weighted by Crippen LogP contribution is -2.48. The second-order valence-electron chi connectivity index (χ2n) is 4.93. The molecule has 0 unspecified atom stereocenters. The van der Waals surface area contributed by atoms with Gasteiger partial charge in [-0.25, -0.2) is 0 Å². The van der Waals surface area contributed by atoms with Gasteiger partial charge >= 0.3 is 0 Å². The maximum absolute atomic E-state index is 8.74. The van der Waals surface area contributed by atoms with Crippen LogP contribution >= 0.6 is 0 Å². The fraction of sp³-hybridized carbons (Fsp3) is 0.786. The van der Waals surface area contributed by atoms with E-state index >= 15 is 0 Å². The Hall–Kier alpha value is -1.01. The largest absolute Gasteiger partial charge is 0.374 e. The molecule has 0 aliphatic carbocycles. The number of rotatable bonds is 8. The van der Waals surface area contributed by atoms with Crippen molar-refractivity contribution in [2.75, 3.05) is 32.7 Å². The first kappa shape index (κ1) is 14.1. The predicted molar refractivity (Wildman–Crippen MR) is 71.5 cm³/mol. The standard InChI is InChI=1S/C14H25N3/c1-4-6-8-17(7-5-2)13(3)10-16-11-14(9-15)12-16/h14H,3-8,10-12H2,1-2H3. The van der Waals surface area contributed by atoms with Gasteiger partial charge in [0.25, 0.3) is 0 Å². The van der Waals surface area contributed by atoms with E-state index in [0.29, 0.717) is 0 Å². The third kappa shape index (κ3) is 4.40. The van der Waals surface area contributed by atoms with E-state index in [4.69, 9.17) is 5.26 Å². The minimum absolute atomic E-state index is 0.248. The zero-order valence-corrected chi connectivity index (χ0v) is 11.3. The second kappa shape index (κ2) is 7.34. The Morgan fingerprint density at radius 2 is 2.06 bits per heavy atom. The van der Waals surface area contributed by atoms with Gasteiger partial charge in [-0.15, -0.1) is 0 Å². The van der Waals surface area contributed by atoms with Crippen molar-refractivity contribution in [3.63, 3.8) is 0 Å². The van der Waals surface area contributed by atoms with Gasteiger partial charge in [-0.3, -0.25) is 4.90 Å². The van der Waals surface area contributed by atoms with Crippen LogP contribution in [0.1, 0.15) is 33.1 Å². The van der Waals surface area contributed by atoms with Gasteiger partial charge in [0.2, 0.25) is 0 Å². The molecule has 0 bridgehead atoms. The minimum atomic E-state index is 0.248. The average Bonchev–Trinajstić information content (AvgIpc) is 2.28. The lowest BCUT2D eigenvalue weighted by atomic mass is 10.0. The zero-order valence-electron chi connectivity index (χ0n) is 11.3. The van der Waals surface area contributed by atoms with Crippen LogP contribution in [0, 0.1) is 17.2 Å². The normalized spacial score (nSPS) is 16.3. The molecule has 0 saturated carbocycles. The van der Waals surface area contributed by atoms with E-state index in [1.54, 1.807) is 0 Å². The molecule has 0 amide bonds. The lowest BCUT2D eigenvalue weighted by Gasteiger charge is -2.38. The van der Waals surface area contributed by atoms with E-state index in [0.717, 1.165) is 32.7 Å². The van der Waals surface area contributed by atoms with Crippen molar-refractivity contribution >= 4 is 0 Å². The topological polar surface area (TPSA) is 30.3 Å². The molecule has 1 heterocycles. The van der Waals surface area contributed by atoms with E-state index in [9.17, 15) is 0 Å². The maximum Gasteiger partial charge on any atom is 0.0717 e. The van der Waals surface area contributed by atoms with Gasteiger partial charge < -0.3 is 4.90 Å². The van der Waals surface area contributed by atoms with Crippen molar-refractivity contribution in [3.05, 3.63) is 12.3 Å². The monoisotopic (exact) mass is 235 g/mol. The molecule has 3 heteroatoms. The molecule has 96 valence electrons. The highest BCUT2D eigenvalue weighted by Gasteiger charge is 2.27. The SMILES string of the molecule is C=C(CN1CC(C#N)C1)N(CCC)CCCC. The van der Waals surface area contributed by atoms with E-state index in [-0.39, 0.29) is 5.92 Å². The number of nitriles is 1.